The Hall–Kier alpha value is -0.810. The number of fused-ring (bicyclic) bond motifs is 1. The molecule has 5 nitrogen and oxygen atoms in total. The second-order valence-corrected chi connectivity index (χ2v) is 8.84. The molecule has 0 aromatic rings. The number of nitrogens with one attached hydrogen (secondary N) is 1. The Balaban J connectivity index is 1.33. The Bertz CT molecular complexity index is 486. The van der Waals surface area contributed by atoms with E-state index in [0.29, 0.717) is 18.1 Å². The monoisotopic (exact) mass is 334 g/mol. The Labute approximate surface area is 146 Å². The first-order valence-corrected chi connectivity index (χ1v) is 9.92. The molecule has 136 valence electrons. The summed E-state index contributed by atoms with van der Waals surface area (Å²) in [6.45, 7) is 11.8. The predicted molar refractivity (Wildman–Crippen MR) is 97.3 cm³/mol. The number of rotatable bonds is 3. The molecule has 0 radical (unpaired) electrons. The standard InChI is InChI=1S/C19H34N4O/c1-19(2)16(15-7-11-24-17(15)19)21-18(20-3)23-10-6-14(13-23)12-22-8-4-5-9-22/h14-17H,4-13H2,1-3H3,(H,20,21). The largest absolute Gasteiger partial charge is 0.377 e. The number of likely N-dealkylation sites (tertiary alicyclic amines) is 2. The maximum Gasteiger partial charge on any atom is 0.193 e. The van der Waals surface area contributed by atoms with Crippen molar-refractivity contribution in [1.82, 2.24) is 15.1 Å². The molecule has 4 unspecified atom stereocenters. The maximum absolute atomic E-state index is 5.93. The highest BCUT2D eigenvalue weighted by Gasteiger charge is 2.59. The molecular weight excluding hydrogens is 300 g/mol. The Morgan fingerprint density at radius 2 is 2.00 bits per heavy atom. The van der Waals surface area contributed by atoms with E-state index >= 15 is 0 Å². The molecule has 1 aliphatic carbocycles. The van der Waals surface area contributed by atoms with E-state index in [1.807, 2.05) is 7.05 Å². The molecule has 4 fully saturated rings. The number of hydrogen-bond acceptors (Lipinski definition) is 3. The van der Waals surface area contributed by atoms with E-state index in [1.54, 1.807) is 0 Å². The van der Waals surface area contributed by atoms with Crippen molar-refractivity contribution in [1.29, 1.82) is 0 Å². The first-order valence-electron chi connectivity index (χ1n) is 9.92. The third-order valence-corrected chi connectivity index (χ3v) is 6.90. The van der Waals surface area contributed by atoms with Gasteiger partial charge in [-0.1, -0.05) is 13.8 Å². The summed E-state index contributed by atoms with van der Waals surface area (Å²) in [6.07, 6.45) is 5.72. The fraction of sp³-hybridized carbons (Fsp3) is 0.947. The fourth-order valence-electron chi connectivity index (χ4n) is 5.56. The van der Waals surface area contributed by atoms with Crippen LogP contribution in [0.3, 0.4) is 0 Å². The van der Waals surface area contributed by atoms with Gasteiger partial charge < -0.3 is 19.9 Å². The topological polar surface area (TPSA) is 40.1 Å². The molecule has 0 bridgehead atoms. The molecule has 3 aliphatic heterocycles. The van der Waals surface area contributed by atoms with Gasteiger partial charge in [-0.15, -0.1) is 0 Å². The lowest BCUT2D eigenvalue weighted by molar-refractivity contribution is -0.107. The lowest BCUT2D eigenvalue weighted by Crippen LogP contribution is -2.68. The van der Waals surface area contributed by atoms with Crippen LogP contribution in [0.4, 0.5) is 0 Å². The lowest BCUT2D eigenvalue weighted by atomic mass is 9.57. The van der Waals surface area contributed by atoms with Gasteiger partial charge in [0.2, 0.25) is 0 Å². The smallest absolute Gasteiger partial charge is 0.193 e. The summed E-state index contributed by atoms with van der Waals surface area (Å²) in [4.78, 5) is 9.75. The minimum Gasteiger partial charge on any atom is -0.377 e. The Kier molecular flexibility index (Phi) is 4.50. The highest BCUT2D eigenvalue weighted by Crippen LogP contribution is 2.52. The van der Waals surface area contributed by atoms with Crippen LogP contribution in [-0.2, 0) is 4.74 Å². The maximum atomic E-state index is 5.93. The van der Waals surface area contributed by atoms with E-state index in [4.69, 9.17) is 4.74 Å². The number of nitrogens with zero attached hydrogens (tertiary/aromatic N) is 3. The summed E-state index contributed by atoms with van der Waals surface area (Å²) in [6, 6.07) is 0.501. The van der Waals surface area contributed by atoms with Crippen molar-refractivity contribution >= 4 is 5.96 Å². The Morgan fingerprint density at radius 1 is 1.21 bits per heavy atom. The van der Waals surface area contributed by atoms with Gasteiger partial charge >= 0.3 is 0 Å². The molecule has 1 N–H and O–H groups in total. The zero-order chi connectivity index (χ0) is 16.7. The van der Waals surface area contributed by atoms with E-state index in [2.05, 4.69) is 34.0 Å². The summed E-state index contributed by atoms with van der Waals surface area (Å²) < 4.78 is 5.93. The second-order valence-electron chi connectivity index (χ2n) is 8.84. The predicted octanol–water partition coefficient (Wildman–Crippen LogP) is 1.79. The average Bonchev–Trinajstić information content (AvgIpc) is 3.29. The van der Waals surface area contributed by atoms with E-state index in [9.17, 15) is 0 Å². The fourth-order valence-corrected chi connectivity index (χ4v) is 5.56. The highest BCUT2D eigenvalue weighted by atomic mass is 16.5. The first-order chi connectivity index (χ1) is 11.6. The number of guanidine groups is 1. The quantitative estimate of drug-likeness (QED) is 0.631. The summed E-state index contributed by atoms with van der Waals surface area (Å²) >= 11 is 0. The van der Waals surface area contributed by atoms with Crippen LogP contribution < -0.4 is 5.32 Å². The molecule has 24 heavy (non-hydrogen) atoms. The normalized spacial score (nSPS) is 39.1. The van der Waals surface area contributed by atoms with Gasteiger partial charge in [-0.25, -0.2) is 0 Å². The van der Waals surface area contributed by atoms with Crippen LogP contribution in [0, 0.1) is 17.3 Å². The van der Waals surface area contributed by atoms with Crippen molar-refractivity contribution in [2.75, 3.05) is 46.4 Å². The molecule has 0 aromatic carbocycles. The van der Waals surface area contributed by atoms with Crippen LogP contribution in [-0.4, -0.2) is 74.3 Å². The van der Waals surface area contributed by atoms with Crippen molar-refractivity contribution in [2.24, 2.45) is 22.2 Å². The molecule has 5 heteroatoms. The van der Waals surface area contributed by atoms with Crippen LogP contribution in [0.15, 0.2) is 4.99 Å². The summed E-state index contributed by atoms with van der Waals surface area (Å²) in [5, 5.41) is 3.80. The van der Waals surface area contributed by atoms with Crippen LogP contribution >= 0.6 is 0 Å². The number of ether oxygens (including phenoxy) is 1. The van der Waals surface area contributed by atoms with Gasteiger partial charge in [0.1, 0.15) is 0 Å². The van der Waals surface area contributed by atoms with Gasteiger partial charge in [-0.2, -0.15) is 0 Å². The van der Waals surface area contributed by atoms with Crippen molar-refractivity contribution in [3.63, 3.8) is 0 Å². The third kappa shape index (κ3) is 2.84. The van der Waals surface area contributed by atoms with E-state index in [-0.39, 0.29) is 5.41 Å². The zero-order valence-corrected chi connectivity index (χ0v) is 15.6. The molecule has 1 saturated carbocycles. The van der Waals surface area contributed by atoms with Crippen LogP contribution in [0.5, 0.6) is 0 Å². The second kappa shape index (κ2) is 6.49. The van der Waals surface area contributed by atoms with Gasteiger partial charge in [-0.3, -0.25) is 4.99 Å². The molecule has 4 rings (SSSR count). The third-order valence-electron chi connectivity index (χ3n) is 6.90. The number of hydrogen-bond donors (Lipinski definition) is 1. The summed E-state index contributed by atoms with van der Waals surface area (Å²) in [5.74, 6) is 2.58. The SMILES string of the molecule is CN=C(NC1C2CCOC2C1(C)C)N1CCC(CN2CCCC2)C1. The molecule has 4 aliphatic rings. The van der Waals surface area contributed by atoms with Gasteiger partial charge in [0, 0.05) is 50.7 Å². The molecular formula is C19H34N4O. The van der Waals surface area contributed by atoms with Crippen LogP contribution in [0.1, 0.15) is 39.5 Å². The van der Waals surface area contributed by atoms with Crippen molar-refractivity contribution in [2.45, 2.75) is 51.7 Å². The molecule has 0 spiro atoms. The van der Waals surface area contributed by atoms with Gasteiger partial charge in [-0.05, 0) is 44.7 Å². The minimum atomic E-state index is 0.214. The molecule has 0 amide bonds. The first kappa shape index (κ1) is 16.6. The van der Waals surface area contributed by atoms with E-state index in [1.165, 1.54) is 45.3 Å². The number of aliphatic imine (C=N–C) groups is 1. The van der Waals surface area contributed by atoms with Crippen molar-refractivity contribution in [3.8, 4) is 0 Å². The van der Waals surface area contributed by atoms with Gasteiger partial charge in [0.15, 0.2) is 5.96 Å². The molecule has 4 atom stereocenters. The summed E-state index contributed by atoms with van der Waals surface area (Å²) in [5.41, 5.74) is 0.214. The average molecular weight is 335 g/mol. The van der Waals surface area contributed by atoms with Crippen molar-refractivity contribution in [3.05, 3.63) is 0 Å². The van der Waals surface area contributed by atoms with E-state index in [0.717, 1.165) is 31.6 Å². The molecule has 0 aromatic heterocycles. The van der Waals surface area contributed by atoms with Crippen LogP contribution in [0.2, 0.25) is 0 Å². The molecule has 3 saturated heterocycles. The lowest BCUT2D eigenvalue weighted by Gasteiger charge is -2.55. The Morgan fingerprint density at radius 3 is 2.75 bits per heavy atom. The van der Waals surface area contributed by atoms with Gasteiger partial charge in [0.25, 0.3) is 0 Å². The van der Waals surface area contributed by atoms with Crippen molar-refractivity contribution < 1.29 is 4.74 Å². The zero-order valence-electron chi connectivity index (χ0n) is 15.6. The summed E-state index contributed by atoms with van der Waals surface area (Å²) in [7, 11) is 1.93. The molecule has 3 heterocycles. The van der Waals surface area contributed by atoms with E-state index < -0.39 is 0 Å². The minimum absolute atomic E-state index is 0.214. The van der Waals surface area contributed by atoms with Gasteiger partial charge in [0.05, 0.1) is 6.10 Å². The highest BCUT2D eigenvalue weighted by molar-refractivity contribution is 5.80. The van der Waals surface area contributed by atoms with Crippen LogP contribution in [0.25, 0.3) is 0 Å².